The van der Waals surface area contributed by atoms with Gasteiger partial charge in [-0.05, 0) is 36.4 Å². The predicted octanol–water partition coefficient (Wildman–Crippen LogP) is 4.98. The molecule has 3 aromatic rings. The molecule has 0 aliphatic rings. The Morgan fingerprint density at radius 3 is 2.38 bits per heavy atom. The molecule has 0 aliphatic carbocycles. The number of hydrogen-bond acceptors (Lipinski definition) is 6. The first-order valence-electron chi connectivity index (χ1n) is 7.97. The van der Waals surface area contributed by atoms with Crippen molar-refractivity contribution < 1.29 is 18.7 Å². The average Bonchev–Trinajstić information content (AvgIpc) is 3.10. The highest BCUT2D eigenvalue weighted by Gasteiger charge is 2.16. The summed E-state index contributed by atoms with van der Waals surface area (Å²) in [5.41, 5.74) is 0.936. The molecule has 5 nitrogen and oxygen atoms in total. The second-order valence-corrected chi connectivity index (χ2v) is 6.80. The minimum absolute atomic E-state index is 0.0588. The van der Waals surface area contributed by atoms with Crippen molar-refractivity contribution in [3.8, 4) is 27.3 Å². The smallest absolute Gasteiger partial charge is 0.299 e. The van der Waals surface area contributed by atoms with Gasteiger partial charge in [0.15, 0.2) is 10.8 Å². The molecule has 134 valence electrons. The molecule has 0 bridgehead atoms. The Morgan fingerprint density at radius 2 is 1.77 bits per heavy atom. The summed E-state index contributed by atoms with van der Waals surface area (Å²) >= 11 is 1.24. The third-order valence-corrected chi connectivity index (χ3v) is 4.53. The lowest BCUT2D eigenvalue weighted by atomic mass is 10.0. The van der Waals surface area contributed by atoms with Gasteiger partial charge in [-0.2, -0.15) is 0 Å². The van der Waals surface area contributed by atoms with E-state index in [2.05, 4.69) is 10.2 Å². The van der Waals surface area contributed by atoms with Crippen molar-refractivity contribution in [2.45, 2.75) is 13.8 Å². The summed E-state index contributed by atoms with van der Waals surface area (Å²) in [5.74, 6) is -0.110. The van der Waals surface area contributed by atoms with E-state index in [1.807, 2.05) is 24.3 Å². The number of carbonyl (C=O) groups excluding carboxylic acids is 1. The first-order valence-corrected chi connectivity index (χ1v) is 8.79. The van der Waals surface area contributed by atoms with Crippen molar-refractivity contribution in [3.05, 3.63) is 53.8 Å². The summed E-state index contributed by atoms with van der Waals surface area (Å²) in [6, 6.07) is 11.6. The number of rotatable bonds is 6. The van der Waals surface area contributed by atoms with Crippen LogP contribution in [0.3, 0.4) is 0 Å². The summed E-state index contributed by atoms with van der Waals surface area (Å²) in [7, 11) is 1.60. The van der Waals surface area contributed by atoms with E-state index in [0.29, 0.717) is 5.01 Å². The molecule has 0 atom stereocenters. The zero-order valence-electron chi connectivity index (χ0n) is 14.5. The third kappa shape index (κ3) is 3.88. The maximum atomic E-state index is 14.2. The Balaban J connectivity index is 1.76. The average molecular weight is 372 g/mol. The predicted molar refractivity (Wildman–Crippen MR) is 97.5 cm³/mol. The molecule has 0 radical (unpaired) electrons. The number of carbonyl (C=O) groups is 1. The van der Waals surface area contributed by atoms with Gasteiger partial charge in [-0.1, -0.05) is 30.3 Å². The van der Waals surface area contributed by atoms with Crippen LogP contribution in [0.1, 0.15) is 24.2 Å². The molecule has 26 heavy (non-hydrogen) atoms. The Morgan fingerprint density at radius 1 is 1.08 bits per heavy atom. The van der Waals surface area contributed by atoms with E-state index in [1.165, 1.54) is 23.5 Å². The van der Waals surface area contributed by atoms with Gasteiger partial charge in [0.2, 0.25) is 0 Å². The van der Waals surface area contributed by atoms with E-state index in [9.17, 15) is 9.18 Å². The number of Topliss-reactive ketones (excluding diaryl/α,β-unsaturated/α-hetero) is 1. The van der Waals surface area contributed by atoms with Crippen molar-refractivity contribution in [1.29, 1.82) is 0 Å². The second-order valence-electron chi connectivity index (χ2n) is 5.86. The van der Waals surface area contributed by atoms with Gasteiger partial charge in [0, 0.05) is 17.5 Å². The van der Waals surface area contributed by atoms with Crippen molar-refractivity contribution in [1.82, 2.24) is 10.2 Å². The molecule has 0 aliphatic heterocycles. The standard InChI is InChI=1S/C19H17FN2O3S/c1-11(2)17(23)15-9-8-14(10-16(15)20)25-19-22-21-18(26-19)12-4-6-13(24-3)7-5-12/h4-11H,1-3H3. The van der Waals surface area contributed by atoms with Crippen molar-refractivity contribution in [2.75, 3.05) is 7.11 Å². The first kappa shape index (κ1) is 18.0. The van der Waals surface area contributed by atoms with Crippen LogP contribution in [0.2, 0.25) is 0 Å². The van der Waals surface area contributed by atoms with Gasteiger partial charge in [0.25, 0.3) is 5.19 Å². The molecule has 1 heterocycles. The highest BCUT2D eigenvalue weighted by atomic mass is 32.1. The number of halogens is 1. The number of benzene rings is 2. The Bertz CT molecular complexity index is 923. The van der Waals surface area contributed by atoms with Crippen LogP contribution in [-0.4, -0.2) is 23.1 Å². The van der Waals surface area contributed by atoms with Crippen LogP contribution in [0.25, 0.3) is 10.6 Å². The maximum absolute atomic E-state index is 14.2. The molecule has 0 fully saturated rings. The number of methoxy groups -OCH3 is 1. The van der Waals surface area contributed by atoms with Crippen molar-refractivity contribution in [3.63, 3.8) is 0 Å². The fourth-order valence-corrected chi connectivity index (χ4v) is 2.99. The van der Waals surface area contributed by atoms with Gasteiger partial charge in [0.05, 0.1) is 12.7 Å². The van der Waals surface area contributed by atoms with E-state index < -0.39 is 5.82 Å². The topological polar surface area (TPSA) is 61.3 Å². The molecule has 0 spiro atoms. The van der Waals surface area contributed by atoms with E-state index >= 15 is 0 Å². The Kier molecular flexibility index (Phi) is 5.27. The van der Waals surface area contributed by atoms with Crippen LogP contribution < -0.4 is 9.47 Å². The minimum Gasteiger partial charge on any atom is -0.497 e. The number of hydrogen-bond donors (Lipinski definition) is 0. The summed E-state index contributed by atoms with van der Waals surface area (Å²) in [5, 5.41) is 9.02. The lowest BCUT2D eigenvalue weighted by molar-refractivity contribution is 0.0935. The molecule has 0 saturated carbocycles. The minimum atomic E-state index is -0.610. The zero-order chi connectivity index (χ0) is 18.7. The fraction of sp³-hybridized carbons (Fsp3) is 0.211. The Labute approximate surface area is 154 Å². The van der Waals surface area contributed by atoms with Crippen LogP contribution in [0.15, 0.2) is 42.5 Å². The highest BCUT2D eigenvalue weighted by Crippen LogP contribution is 2.32. The molecule has 2 aromatic carbocycles. The van der Waals surface area contributed by atoms with Crippen LogP contribution in [0.4, 0.5) is 4.39 Å². The van der Waals surface area contributed by atoms with E-state index in [0.717, 1.165) is 11.3 Å². The van der Waals surface area contributed by atoms with Crippen molar-refractivity contribution >= 4 is 17.1 Å². The number of ether oxygens (including phenoxy) is 2. The number of ketones is 1. The summed E-state index contributed by atoms with van der Waals surface area (Å²) in [4.78, 5) is 11.9. The molecule has 1 aromatic heterocycles. The van der Waals surface area contributed by atoms with Crippen molar-refractivity contribution in [2.24, 2.45) is 5.92 Å². The lowest BCUT2D eigenvalue weighted by Crippen LogP contribution is -2.09. The van der Waals surface area contributed by atoms with Gasteiger partial charge in [-0.15, -0.1) is 5.10 Å². The molecule has 0 amide bonds. The third-order valence-electron chi connectivity index (χ3n) is 3.68. The second kappa shape index (κ2) is 7.61. The molecule has 3 rings (SSSR count). The van der Waals surface area contributed by atoms with Gasteiger partial charge in [-0.3, -0.25) is 4.79 Å². The van der Waals surface area contributed by atoms with Crippen LogP contribution in [-0.2, 0) is 0 Å². The molecular formula is C19H17FN2O3S. The van der Waals surface area contributed by atoms with E-state index in [-0.39, 0.29) is 28.2 Å². The molecule has 0 saturated heterocycles. The van der Waals surface area contributed by atoms with Gasteiger partial charge in [0.1, 0.15) is 17.3 Å². The van der Waals surface area contributed by atoms with Gasteiger partial charge < -0.3 is 9.47 Å². The SMILES string of the molecule is COc1ccc(-c2nnc(Oc3ccc(C(=O)C(C)C)c(F)c3)s2)cc1. The Hall–Kier alpha value is -2.80. The number of nitrogens with zero attached hydrogens (tertiary/aromatic N) is 2. The largest absolute Gasteiger partial charge is 0.497 e. The van der Waals surface area contributed by atoms with Crippen LogP contribution >= 0.6 is 11.3 Å². The van der Waals surface area contributed by atoms with Crippen LogP contribution in [0, 0.1) is 11.7 Å². The van der Waals surface area contributed by atoms with Gasteiger partial charge in [-0.25, -0.2) is 4.39 Å². The summed E-state index contributed by atoms with van der Waals surface area (Å²) < 4.78 is 24.9. The van der Waals surface area contributed by atoms with E-state index in [4.69, 9.17) is 9.47 Å². The molecule has 0 unspecified atom stereocenters. The molecule has 0 N–H and O–H groups in total. The summed E-state index contributed by atoms with van der Waals surface area (Å²) in [6.45, 7) is 3.46. The lowest BCUT2D eigenvalue weighted by Gasteiger charge is -2.07. The monoisotopic (exact) mass is 372 g/mol. The fourth-order valence-electron chi connectivity index (χ4n) is 2.27. The zero-order valence-corrected chi connectivity index (χ0v) is 15.3. The molecule has 7 heteroatoms. The highest BCUT2D eigenvalue weighted by molar-refractivity contribution is 7.16. The quantitative estimate of drug-likeness (QED) is 0.571. The van der Waals surface area contributed by atoms with Gasteiger partial charge >= 0.3 is 0 Å². The maximum Gasteiger partial charge on any atom is 0.299 e. The summed E-state index contributed by atoms with van der Waals surface area (Å²) in [6.07, 6.45) is 0. The number of aromatic nitrogens is 2. The molecular weight excluding hydrogens is 355 g/mol. The van der Waals surface area contributed by atoms with E-state index in [1.54, 1.807) is 27.0 Å². The normalized spacial score (nSPS) is 10.8. The van der Waals surface area contributed by atoms with Crippen LogP contribution in [0.5, 0.6) is 16.7 Å². The first-order chi connectivity index (χ1) is 12.5.